The normalized spacial score (nSPS) is 10.7. The molecule has 0 atom stereocenters. The molecule has 3 N–H and O–H groups in total. The van der Waals surface area contributed by atoms with Gasteiger partial charge in [0.25, 0.3) is 0 Å². The lowest BCUT2D eigenvalue weighted by atomic mass is 10.0. The number of aromatic hydroxyl groups is 1. The second-order valence-corrected chi connectivity index (χ2v) is 4.51. The van der Waals surface area contributed by atoms with Crippen molar-refractivity contribution in [3.63, 3.8) is 0 Å². The average molecular weight is 282 g/mol. The van der Waals surface area contributed by atoms with Crippen LogP contribution in [0.3, 0.4) is 0 Å². The molecule has 0 aliphatic rings. The van der Waals surface area contributed by atoms with E-state index in [4.69, 9.17) is 5.73 Å². The maximum Gasteiger partial charge on any atom is 0.129 e. The molecule has 5 heteroatoms. The van der Waals surface area contributed by atoms with Gasteiger partial charge in [-0.25, -0.2) is 0 Å². The number of phenols is 1. The summed E-state index contributed by atoms with van der Waals surface area (Å²) in [6, 6.07) is 3.73. The number of aryl methyl sites for hydroxylation is 2. The summed E-state index contributed by atoms with van der Waals surface area (Å²) in [6.45, 7) is 1.85. The number of anilines is 1. The summed E-state index contributed by atoms with van der Waals surface area (Å²) in [5, 5.41) is 14.1. The quantitative estimate of drug-likeness (QED) is 0.844. The lowest BCUT2D eigenvalue weighted by molar-refractivity contribution is 0.473. The fraction of sp³-hybridized carbons (Fsp3) is 0.182. The van der Waals surface area contributed by atoms with Crippen LogP contribution in [-0.4, -0.2) is 14.9 Å². The van der Waals surface area contributed by atoms with Crippen LogP contribution < -0.4 is 5.73 Å². The van der Waals surface area contributed by atoms with Crippen molar-refractivity contribution >= 4 is 21.7 Å². The summed E-state index contributed by atoms with van der Waals surface area (Å²) < 4.78 is 2.37. The molecule has 4 nitrogen and oxygen atoms in total. The van der Waals surface area contributed by atoms with Crippen LogP contribution in [0.25, 0.3) is 11.1 Å². The predicted molar refractivity (Wildman–Crippen MR) is 67.2 cm³/mol. The van der Waals surface area contributed by atoms with E-state index >= 15 is 0 Å². The van der Waals surface area contributed by atoms with Gasteiger partial charge in [-0.2, -0.15) is 5.10 Å². The van der Waals surface area contributed by atoms with Gasteiger partial charge in [-0.3, -0.25) is 4.68 Å². The van der Waals surface area contributed by atoms with Crippen molar-refractivity contribution in [3.8, 4) is 16.9 Å². The molecule has 0 spiro atoms. The Morgan fingerprint density at radius 3 is 2.69 bits per heavy atom. The van der Waals surface area contributed by atoms with Crippen molar-refractivity contribution in [3.05, 3.63) is 28.4 Å². The molecule has 2 rings (SSSR count). The van der Waals surface area contributed by atoms with Gasteiger partial charge in [0.2, 0.25) is 0 Å². The Morgan fingerprint density at radius 2 is 2.12 bits per heavy atom. The third kappa shape index (κ3) is 1.57. The van der Waals surface area contributed by atoms with Crippen LogP contribution in [0.15, 0.2) is 22.8 Å². The molecule has 84 valence electrons. The van der Waals surface area contributed by atoms with E-state index in [1.165, 1.54) is 0 Å². The number of halogens is 1. The molecular formula is C11H12BrN3O. The molecule has 0 aliphatic heterocycles. The van der Waals surface area contributed by atoms with Crippen LogP contribution in [0.5, 0.6) is 5.75 Å². The summed E-state index contributed by atoms with van der Waals surface area (Å²) in [5.74, 6) is 0.760. The van der Waals surface area contributed by atoms with Gasteiger partial charge in [0.05, 0.1) is 6.20 Å². The van der Waals surface area contributed by atoms with E-state index in [1.54, 1.807) is 17.9 Å². The Kier molecular flexibility index (Phi) is 2.63. The number of aromatic nitrogens is 2. The summed E-state index contributed by atoms with van der Waals surface area (Å²) >= 11 is 3.41. The van der Waals surface area contributed by atoms with E-state index < -0.39 is 0 Å². The molecule has 0 radical (unpaired) electrons. The van der Waals surface area contributed by atoms with E-state index in [1.807, 2.05) is 19.1 Å². The molecule has 0 aliphatic carbocycles. The Labute approximate surface area is 102 Å². The minimum atomic E-state index is 0.231. The van der Waals surface area contributed by atoms with E-state index in [2.05, 4.69) is 21.0 Å². The largest absolute Gasteiger partial charge is 0.507 e. The van der Waals surface area contributed by atoms with Crippen molar-refractivity contribution in [1.82, 2.24) is 9.78 Å². The van der Waals surface area contributed by atoms with Crippen LogP contribution in [0.1, 0.15) is 5.56 Å². The number of rotatable bonds is 1. The zero-order chi connectivity index (χ0) is 11.9. The first-order chi connectivity index (χ1) is 7.52. The summed E-state index contributed by atoms with van der Waals surface area (Å²) in [4.78, 5) is 0. The van der Waals surface area contributed by atoms with E-state index in [0.717, 1.165) is 15.6 Å². The Morgan fingerprint density at radius 1 is 1.44 bits per heavy atom. The van der Waals surface area contributed by atoms with Crippen molar-refractivity contribution in [2.75, 3.05) is 5.73 Å². The maximum absolute atomic E-state index is 10.0. The SMILES string of the molecule is Cc1ccc(Br)c(-c2cnn(C)c2N)c1O. The first kappa shape index (κ1) is 11.0. The number of nitrogens with zero attached hydrogens (tertiary/aromatic N) is 2. The molecular weight excluding hydrogens is 270 g/mol. The van der Waals surface area contributed by atoms with Gasteiger partial charge in [0, 0.05) is 22.6 Å². The first-order valence-electron chi connectivity index (χ1n) is 4.78. The average Bonchev–Trinajstić information content (AvgIpc) is 2.56. The number of hydrogen-bond donors (Lipinski definition) is 2. The van der Waals surface area contributed by atoms with Crippen LogP contribution in [-0.2, 0) is 7.05 Å². The Bertz CT molecular complexity index is 548. The lowest BCUT2D eigenvalue weighted by Gasteiger charge is -2.09. The number of phenolic OH excluding ortho intramolecular Hbond substituents is 1. The molecule has 0 fully saturated rings. The minimum absolute atomic E-state index is 0.231. The monoisotopic (exact) mass is 281 g/mol. The van der Waals surface area contributed by atoms with Crippen LogP contribution in [0, 0.1) is 6.92 Å². The second kappa shape index (κ2) is 3.83. The highest BCUT2D eigenvalue weighted by Crippen LogP contribution is 2.40. The molecule has 1 aromatic heterocycles. The number of benzene rings is 1. The van der Waals surface area contributed by atoms with Gasteiger partial charge in [0.15, 0.2) is 0 Å². The minimum Gasteiger partial charge on any atom is -0.507 e. The molecule has 1 heterocycles. The zero-order valence-electron chi connectivity index (χ0n) is 9.03. The van der Waals surface area contributed by atoms with E-state index in [-0.39, 0.29) is 5.75 Å². The van der Waals surface area contributed by atoms with Crippen LogP contribution >= 0.6 is 15.9 Å². The highest BCUT2D eigenvalue weighted by molar-refractivity contribution is 9.10. The van der Waals surface area contributed by atoms with Crippen molar-refractivity contribution in [1.29, 1.82) is 0 Å². The molecule has 1 aromatic carbocycles. The summed E-state index contributed by atoms with van der Waals surface area (Å²) in [6.07, 6.45) is 1.65. The summed E-state index contributed by atoms with van der Waals surface area (Å²) in [7, 11) is 1.76. The Balaban J connectivity index is 2.73. The first-order valence-corrected chi connectivity index (χ1v) is 5.57. The number of nitrogen functional groups attached to an aromatic ring is 1. The van der Waals surface area contributed by atoms with Gasteiger partial charge in [0.1, 0.15) is 11.6 Å². The maximum atomic E-state index is 10.0. The topological polar surface area (TPSA) is 64.1 Å². The van der Waals surface area contributed by atoms with E-state index in [0.29, 0.717) is 11.4 Å². The highest BCUT2D eigenvalue weighted by Gasteiger charge is 2.16. The van der Waals surface area contributed by atoms with Crippen LogP contribution in [0.4, 0.5) is 5.82 Å². The lowest BCUT2D eigenvalue weighted by Crippen LogP contribution is -1.98. The van der Waals surface area contributed by atoms with Gasteiger partial charge < -0.3 is 10.8 Å². The van der Waals surface area contributed by atoms with Crippen molar-refractivity contribution in [2.45, 2.75) is 6.92 Å². The second-order valence-electron chi connectivity index (χ2n) is 3.65. The standard InChI is InChI=1S/C11H12BrN3O/c1-6-3-4-8(12)9(10(6)16)7-5-14-15(2)11(7)13/h3-5,16H,13H2,1-2H3. The molecule has 2 aromatic rings. The fourth-order valence-electron chi connectivity index (χ4n) is 1.57. The smallest absolute Gasteiger partial charge is 0.129 e. The fourth-order valence-corrected chi connectivity index (χ4v) is 2.10. The molecule has 16 heavy (non-hydrogen) atoms. The van der Waals surface area contributed by atoms with E-state index in [9.17, 15) is 5.11 Å². The number of hydrogen-bond acceptors (Lipinski definition) is 3. The predicted octanol–water partition coefficient (Wildman–Crippen LogP) is 2.45. The van der Waals surface area contributed by atoms with Crippen molar-refractivity contribution in [2.24, 2.45) is 7.05 Å². The molecule has 0 bridgehead atoms. The van der Waals surface area contributed by atoms with Gasteiger partial charge in [-0.05, 0) is 18.6 Å². The van der Waals surface area contributed by atoms with Gasteiger partial charge in [-0.1, -0.05) is 22.0 Å². The number of nitrogens with two attached hydrogens (primary N) is 1. The molecule has 0 unspecified atom stereocenters. The van der Waals surface area contributed by atoms with Crippen molar-refractivity contribution < 1.29 is 5.11 Å². The van der Waals surface area contributed by atoms with Gasteiger partial charge >= 0.3 is 0 Å². The molecule has 0 amide bonds. The zero-order valence-corrected chi connectivity index (χ0v) is 10.6. The Hall–Kier alpha value is -1.49. The third-order valence-electron chi connectivity index (χ3n) is 2.58. The van der Waals surface area contributed by atoms with Crippen LogP contribution in [0.2, 0.25) is 0 Å². The third-order valence-corrected chi connectivity index (χ3v) is 3.24. The highest BCUT2D eigenvalue weighted by atomic mass is 79.9. The summed E-state index contributed by atoms with van der Waals surface area (Å²) in [5.41, 5.74) is 8.12. The molecule has 0 saturated heterocycles. The van der Waals surface area contributed by atoms with Gasteiger partial charge in [-0.15, -0.1) is 0 Å². The molecule has 0 saturated carbocycles.